The van der Waals surface area contributed by atoms with Gasteiger partial charge in [-0.05, 0) is 0 Å². The molecule has 28 heavy (non-hydrogen) atoms. The Morgan fingerprint density at radius 1 is 0.357 bits per heavy atom. The van der Waals surface area contributed by atoms with Crippen LogP contribution in [0.25, 0.3) is 0 Å². The first-order valence-electron chi connectivity index (χ1n) is 11.0. The summed E-state index contributed by atoms with van der Waals surface area (Å²) in [5, 5.41) is 0. The molecule has 4 radical (unpaired) electrons. The van der Waals surface area contributed by atoms with Gasteiger partial charge in [-0.3, -0.25) is 0 Å². The summed E-state index contributed by atoms with van der Waals surface area (Å²) in [5.41, 5.74) is 7.03. The first kappa shape index (κ1) is 31.9. The molecule has 0 aromatic rings. The molecule has 0 unspecified atom stereocenters. The first-order valence-corrected chi connectivity index (χ1v) is 16.7. The standard InChI is InChI=1S/2C12H20.2Li.2Sn/c2*1-5-9-11(7-3)12(8-4)10-6-2;;;;/h2*5-8H2,1-4H3;;;;/q;;2*+1;;. The zero-order valence-electron chi connectivity index (χ0n) is 20.7. The van der Waals surface area contributed by atoms with Gasteiger partial charge < -0.3 is 0 Å². The van der Waals surface area contributed by atoms with E-state index in [1.165, 1.54) is 51.4 Å². The summed E-state index contributed by atoms with van der Waals surface area (Å²) in [6.45, 7) is 18.6. The molecule has 0 aliphatic carbocycles. The Labute approximate surface area is 221 Å². The van der Waals surface area contributed by atoms with Crippen molar-refractivity contribution in [2.45, 2.75) is 107 Å². The van der Waals surface area contributed by atoms with Gasteiger partial charge in [0.25, 0.3) is 0 Å². The summed E-state index contributed by atoms with van der Waals surface area (Å²) >= 11 is -0.539. The minimum absolute atomic E-state index is 0. The Morgan fingerprint density at radius 2 is 0.536 bits per heavy atom. The van der Waals surface area contributed by atoms with Gasteiger partial charge in [0.05, 0.1) is 0 Å². The molecule has 0 nitrogen and oxygen atoms in total. The molecular weight excluding hydrogens is 540 g/mol. The van der Waals surface area contributed by atoms with Crippen LogP contribution >= 0.6 is 0 Å². The minimum Gasteiger partial charge on any atom is 1.00 e. The van der Waals surface area contributed by atoms with Crippen LogP contribution in [0.2, 0.25) is 0 Å². The fourth-order valence-electron chi connectivity index (χ4n) is 4.31. The van der Waals surface area contributed by atoms with Crippen LogP contribution in [0.5, 0.6) is 0 Å². The van der Waals surface area contributed by atoms with Crippen molar-refractivity contribution in [3.8, 4) is 0 Å². The van der Waals surface area contributed by atoms with Gasteiger partial charge in [-0.15, -0.1) is 0 Å². The average Bonchev–Trinajstić information content (AvgIpc) is 3.23. The van der Waals surface area contributed by atoms with Crippen LogP contribution < -0.4 is 37.7 Å². The topological polar surface area (TPSA) is 0 Å². The van der Waals surface area contributed by atoms with Gasteiger partial charge in [-0.2, -0.15) is 0 Å². The van der Waals surface area contributed by atoms with Gasteiger partial charge in [0.1, 0.15) is 0 Å². The van der Waals surface area contributed by atoms with Gasteiger partial charge in [-0.1, -0.05) is 0 Å². The van der Waals surface area contributed by atoms with Crippen molar-refractivity contribution in [2.75, 3.05) is 0 Å². The second-order valence-electron chi connectivity index (χ2n) is 6.91. The Bertz CT molecular complexity index is 504. The molecule has 144 valence electrons. The molecule has 0 aromatic carbocycles. The fourth-order valence-corrected chi connectivity index (χ4v) is 13.9. The van der Waals surface area contributed by atoms with Crippen molar-refractivity contribution < 1.29 is 37.7 Å². The summed E-state index contributed by atoms with van der Waals surface area (Å²) in [6.07, 6.45) is 10.4. The summed E-state index contributed by atoms with van der Waals surface area (Å²) < 4.78 is 7.50. The molecule has 0 fully saturated rings. The van der Waals surface area contributed by atoms with E-state index < -0.39 is 0 Å². The monoisotopic (exact) mass is 582 g/mol. The molecule has 0 N–H and O–H groups in total. The second-order valence-corrected chi connectivity index (χ2v) is 15.2. The molecule has 0 aromatic heterocycles. The van der Waals surface area contributed by atoms with Crippen LogP contribution in [-0.2, 0) is 0 Å². The molecule has 0 spiro atoms. The average molecular weight is 580 g/mol. The molecule has 2 aliphatic heterocycles. The predicted molar refractivity (Wildman–Crippen MR) is 122 cm³/mol. The van der Waals surface area contributed by atoms with Crippen LogP contribution in [0.1, 0.15) is 107 Å². The number of rotatable bonds is 8. The van der Waals surface area contributed by atoms with E-state index in [0.717, 1.165) is 0 Å². The van der Waals surface area contributed by atoms with Crippen LogP contribution in [0, 0.1) is 0 Å². The van der Waals surface area contributed by atoms with E-state index in [1.54, 1.807) is 22.3 Å². The van der Waals surface area contributed by atoms with E-state index in [-0.39, 0.29) is 80.0 Å². The van der Waals surface area contributed by atoms with Crippen molar-refractivity contribution in [2.24, 2.45) is 0 Å². The molecule has 2 rings (SSSR count). The molecule has 4 heteroatoms. The number of hydrogen-bond donors (Lipinski definition) is 0. The zero-order chi connectivity index (χ0) is 19.7. The van der Waals surface area contributed by atoms with Crippen molar-refractivity contribution in [3.63, 3.8) is 0 Å². The maximum Gasteiger partial charge on any atom is 1.00 e. The maximum absolute atomic E-state index is 2.33. The van der Waals surface area contributed by atoms with Crippen LogP contribution in [0.3, 0.4) is 0 Å². The van der Waals surface area contributed by atoms with Crippen molar-refractivity contribution >= 4 is 42.3 Å². The molecule has 0 bridgehead atoms. The summed E-state index contributed by atoms with van der Waals surface area (Å²) in [5.74, 6) is 0. The normalized spacial score (nSPS) is 16.3. The van der Waals surface area contributed by atoms with E-state index in [2.05, 4.69) is 55.4 Å². The number of hydrogen-bond acceptors (Lipinski definition) is 0. The molecule has 0 atom stereocenters. The van der Waals surface area contributed by atoms with Crippen molar-refractivity contribution in [1.29, 1.82) is 0 Å². The second kappa shape index (κ2) is 17.3. The van der Waals surface area contributed by atoms with Gasteiger partial charge in [0.2, 0.25) is 0 Å². The SMILES string of the molecule is CC[C]1=C(CC)C(CC)=[C](CC)[Sn]1.CC[C]1=C(CC)C(CC)=[C](CC)[Sn]1.[Li+].[Li+]. The third kappa shape index (κ3) is 8.02. The smallest absolute Gasteiger partial charge is 1.00 e. The van der Waals surface area contributed by atoms with Gasteiger partial charge in [0, 0.05) is 0 Å². The summed E-state index contributed by atoms with van der Waals surface area (Å²) in [7, 11) is 0. The quantitative estimate of drug-likeness (QED) is 0.385. The summed E-state index contributed by atoms with van der Waals surface area (Å²) in [6, 6.07) is 0. The number of allylic oxidation sites excluding steroid dienone is 8. The van der Waals surface area contributed by atoms with E-state index in [0.29, 0.717) is 0 Å². The Morgan fingerprint density at radius 3 is 0.643 bits per heavy atom. The Hall–Kier alpha value is 1.75. The van der Waals surface area contributed by atoms with Crippen molar-refractivity contribution in [3.05, 3.63) is 36.6 Å². The maximum atomic E-state index is 2.33. The molecule has 0 saturated carbocycles. The van der Waals surface area contributed by atoms with Crippen LogP contribution in [-0.4, -0.2) is 42.3 Å². The molecule has 2 aliphatic rings. The van der Waals surface area contributed by atoms with E-state index in [4.69, 9.17) is 0 Å². The van der Waals surface area contributed by atoms with Crippen molar-refractivity contribution in [1.82, 2.24) is 0 Å². The van der Waals surface area contributed by atoms with E-state index in [9.17, 15) is 0 Å². The van der Waals surface area contributed by atoms with Crippen LogP contribution in [0.15, 0.2) is 36.6 Å². The minimum atomic E-state index is -0.269. The molecule has 0 amide bonds. The Balaban J connectivity index is 0. The van der Waals surface area contributed by atoms with Gasteiger partial charge in [-0.25, -0.2) is 0 Å². The fraction of sp³-hybridized carbons (Fsp3) is 0.667. The van der Waals surface area contributed by atoms with E-state index in [1.807, 2.05) is 14.4 Å². The molecule has 2 heterocycles. The molecule has 0 saturated heterocycles. The largest absolute Gasteiger partial charge is 1.00 e. The van der Waals surface area contributed by atoms with Crippen LogP contribution in [0.4, 0.5) is 0 Å². The third-order valence-electron chi connectivity index (χ3n) is 5.62. The summed E-state index contributed by atoms with van der Waals surface area (Å²) in [4.78, 5) is 0. The van der Waals surface area contributed by atoms with E-state index >= 15 is 0 Å². The molecular formula is C24H40Li2Sn2+2. The van der Waals surface area contributed by atoms with Gasteiger partial charge in [0.15, 0.2) is 0 Å². The Kier molecular flexibility index (Phi) is 19.8. The predicted octanol–water partition coefficient (Wildman–Crippen LogP) is 1.71. The first-order chi connectivity index (χ1) is 12.6. The zero-order valence-corrected chi connectivity index (χ0v) is 26.4. The van der Waals surface area contributed by atoms with Gasteiger partial charge >= 0.3 is 223 Å². The third-order valence-corrected chi connectivity index (χ3v) is 16.5.